The predicted octanol–water partition coefficient (Wildman–Crippen LogP) is 1.63. The molecule has 1 saturated heterocycles. The van der Waals surface area contributed by atoms with Gasteiger partial charge in [0.05, 0.1) is 11.9 Å². The summed E-state index contributed by atoms with van der Waals surface area (Å²) in [5.41, 5.74) is 2.50. The van der Waals surface area contributed by atoms with Gasteiger partial charge in [0.2, 0.25) is 6.41 Å². The molecule has 0 N–H and O–H groups in total. The van der Waals surface area contributed by atoms with Gasteiger partial charge in [-0.05, 0) is 17.7 Å². The zero-order chi connectivity index (χ0) is 17.6. The van der Waals surface area contributed by atoms with Crippen LogP contribution in [0.1, 0.15) is 16.1 Å². The van der Waals surface area contributed by atoms with Gasteiger partial charge >= 0.3 is 0 Å². The average molecular weight is 338 g/mol. The fraction of sp³-hybridized carbons (Fsp3) is 0.316. The molecule has 2 amide bonds. The Morgan fingerprint density at radius 2 is 1.84 bits per heavy atom. The van der Waals surface area contributed by atoms with Crippen LogP contribution in [-0.4, -0.2) is 60.3 Å². The van der Waals surface area contributed by atoms with E-state index < -0.39 is 0 Å². The van der Waals surface area contributed by atoms with Gasteiger partial charge in [-0.1, -0.05) is 30.3 Å². The highest BCUT2D eigenvalue weighted by molar-refractivity contribution is 5.92. The van der Waals surface area contributed by atoms with E-state index in [9.17, 15) is 9.59 Å². The number of amides is 2. The van der Waals surface area contributed by atoms with E-state index in [0.29, 0.717) is 25.3 Å². The number of hydrogen-bond acceptors (Lipinski definition) is 4. The second kappa shape index (κ2) is 7.79. The number of hydrogen-bond donors (Lipinski definition) is 0. The molecule has 0 bridgehead atoms. The summed E-state index contributed by atoms with van der Waals surface area (Å²) in [5.74, 6) is -0.0961. The van der Waals surface area contributed by atoms with E-state index in [0.717, 1.165) is 30.8 Å². The van der Waals surface area contributed by atoms with Crippen molar-refractivity contribution in [2.75, 3.05) is 38.1 Å². The topological polar surface area (TPSA) is 56.8 Å². The molecule has 0 spiro atoms. The first-order valence-electron chi connectivity index (χ1n) is 8.37. The first-order valence-corrected chi connectivity index (χ1v) is 8.37. The minimum absolute atomic E-state index is 0.0961. The highest BCUT2D eigenvalue weighted by Gasteiger charge is 2.18. The fourth-order valence-electron chi connectivity index (χ4n) is 2.91. The Bertz CT molecular complexity index is 710. The summed E-state index contributed by atoms with van der Waals surface area (Å²) >= 11 is 0. The number of carbonyl (C=O) groups is 2. The molecule has 6 nitrogen and oxygen atoms in total. The quantitative estimate of drug-likeness (QED) is 0.778. The van der Waals surface area contributed by atoms with Gasteiger partial charge in [-0.15, -0.1) is 0 Å². The lowest BCUT2D eigenvalue weighted by molar-refractivity contribution is -0.118. The van der Waals surface area contributed by atoms with Crippen molar-refractivity contribution >= 4 is 18.0 Å². The molecule has 1 aliphatic heterocycles. The minimum atomic E-state index is -0.0961. The number of pyridine rings is 1. The predicted molar refractivity (Wildman–Crippen MR) is 96.3 cm³/mol. The smallest absolute Gasteiger partial charge is 0.272 e. The summed E-state index contributed by atoms with van der Waals surface area (Å²) in [5, 5.41) is 0. The zero-order valence-electron chi connectivity index (χ0n) is 14.3. The summed E-state index contributed by atoms with van der Waals surface area (Å²) in [6.45, 7) is 3.54. The second-order valence-electron chi connectivity index (χ2n) is 6.18. The number of benzene rings is 1. The van der Waals surface area contributed by atoms with Gasteiger partial charge in [0.15, 0.2) is 0 Å². The van der Waals surface area contributed by atoms with Gasteiger partial charge in [-0.2, -0.15) is 0 Å². The number of rotatable bonds is 5. The molecule has 130 valence electrons. The van der Waals surface area contributed by atoms with Crippen LogP contribution >= 0.6 is 0 Å². The molecule has 0 saturated carbocycles. The number of aromatic nitrogens is 1. The Balaban J connectivity index is 1.61. The molecular formula is C19H22N4O2. The van der Waals surface area contributed by atoms with Crippen LogP contribution < -0.4 is 4.90 Å². The van der Waals surface area contributed by atoms with Gasteiger partial charge < -0.3 is 14.7 Å². The van der Waals surface area contributed by atoms with Crippen LogP contribution in [0.25, 0.3) is 0 Å². The molecule has 0 aliphatic carbocycles. The van der Waals surface area contributed by atoms with E-state index in [2.05, 4.69) is 9.88 Å². The summed E-state index contributed by atoms with van der Waals surface area (Å²) in [6, 6.07) is 13.6. The molecule has 6 heteroatoms. The normalized spacial score (nSPS) is 14.3. The molecule has 0 radical (unpaired) electrons. The number of carbonyl (C=O) groups excluding carboxylic acids is 2. The van der Waals surface area contributed by atoms with E-state index in [1.807, 2.05) is 36.4 Å². The lowest BCUT2D eigenvalue weighted by Crippen LogP contribution is -2.45. The van der Waals surface area contributed by atoms with Crippen molar-refractivity contribution in [2.24, 2.45) is 0 Å². The average Bonchev–Trinajstić information content (AvgIpc) is 2.68. The van der Waals surface area contributed by atoms with Crippen molar-refractivity contribution in [3.63, 3.8) is 0 Å². The summed E-state index contributed by atoms with van der Waals surface area (Å²) in [4.78, 5) is 33.2. The molecule has 1 fully saturated rings. The first kappa shape index (κ1) is 17.0. The van der Waals surface area contributed by atoms with Crippen LogP contribution in [-0.2, 0) is 11.3 Å². The monoisotopic (exact) mass is 338 g/mol. The van der Waals surface area contributed by atoms with Crippen molar-refractivity contribution in [3.05, 3.63) is 59.9 Å². The van der Waals surface area contributed by atoms with Gasteiger partial charge in [0.25, 0.3) is 5.91 Å². The summed E-state index contributed by atoms with van der Waals surface area (Å²) in [6.07, 6.45) is 2.63. The van der Waals surface area contributed by atoms with Gasteiger partial charge in [0, 0.05) is 39.8 Å². The molecular weight excluding hydrogens is 316 g/mol. The van der Waals surface area contributed by atoms with Crippen molar-refractivity contribution in [1.29, 1.82) is 0 Å². The van der Waals surface area contributed by atoms with Crippen molar-refractivity contribution in [3.8, 4) is 0 Å². The Kier molecular flexibility index (Phi) is 5.28. The van der Waals surface area contributed by atoms with E-state index >= 15 is 0 Å². The Morgan fingerprint density at radius 3 is 2.44 bits per heavy atom. The molecule has 2 aromatic rings. The van der Waals surface area contributed by atoms with Crippen molar-refractivity contribution in [1.82, 2.24) is 14.8 Å². The highest BCUT2D eigenvalue weighted by Crippen LogP contribution is 2.16. The highest BCUT2D eigenvalue weighted by atomic mass is 16.2. The molecule has 2 heterocycles. The van der Waals surface area contributed by atoms with Crippen LogP contribution in [0, 0.1) is 0 Å². The lowest BCUT2D eigenvalue weighted by Gasteiger charge is -2.33. The van der Waals surface area contributed by atoms with Gasteiger partial charge in [0.1, 0.15) is 5.69 Å². The standard InChI is InChI=1S/C19H22N4O2/c1-21(14-16-5-3-2-4-6-16)19(25)18-8-7-17(13-20-18)23-11-9-22(15-24)10-12-23/h2-8,13,15H,9-12,14H2,1H3. The van der Waals surface area contributed by atoms with Crippen LogP contribution in [0.15, 0.2) is 48.7 Å². The lowest BCUT2D eigenvalue weighted by atomic mass is 10.2. The molecule has 1 aliphatic rings. The fourth-order valence-corrected chi connectivity index (χ4v) is 2.91. The minimum Gasteiger partial charge on any atom is -0.367 e. The van der Waals surface area contributed by atoms with Gasteiger partial charge in [-0.3, -0.25) is 9.59 Å². The summed E-state index contributed by atoms with van der Waals surface area (Å²) in [7, 11) is 1.78. The third-order valence-corrected chi connectivity index (χ3v) is 4.40. The Morgan fingerprint density at radius 1 is 1.12 bits per heavy atom. The van der Waals surface area contributed by atoms with Crippen molar-refractivity contribution < 1.29 is 9.59 Å². The summed E-state index contributed by atoms with van der Waals surface area (Å²) < 4.78 is 0. The maximum absolute atomic E-state index is 12.5. The molecule has 1 aromatic heterocycles. The third kappa shape index (κ3) is 4.15. The van der Waals surface area contributed by atoms with E-state index in [1.165, 1.54) is 0 Å². The van der Waals surface area contributed by atoms with E-state index in [-0.39, 0.29) is 5.91 Å². The van der Waals surface area contributed by atoms with Crippen LogP contribution in [0.4, 0.5) is 5.69 Å². The maximum Gasteiger partial charge on any atom is 0.272 e. The first-order chi connectivity index (χ1) is 12.2. The van der Waals surface area contributed by atoms with E-state index in [4.69, 9.17) is 0 Å². The van der Waals surface area contributed by atoms with Gasteiger partial charge in [-0.25, -0.2) is 4.98 Å². The van der Waals surface area contributed by atoms with Crippen molar-refractivity contribution in [2.45, 2.75) is 6.54 Å². The van der Waals surface area contributed by atoms with Crippen LogP contribution in [0.3, 0.4) is 0 Å². The molecule has 0 atom stereocenters. The Labute approximate surface area is 147 Å². The number of piperazine rings is 1. The number of anilines is 1. The second-order valence-corrected chi connectivity index (χ2v) is 6.18. The van der Waals surface area contributed by atoms with Crippen LogP contribution in [0.2, 0.25) is 0 Å². The van der Waals surface area contributed by atoms with E-state index in [1.54, 1.807) is 29.1 Å². The zero-order valence-corrected chi connectivity index (χ0v) is 14.3. The largest absolute Gasteiger partial charge is 0.367 e. The molecule has 1 aromatic carbocycles. The molecule has 3 rings (SSSR count). The van der Waals surface area contributed by atoms with Crippen LogP contribution in [0.5, 0.6) is 0 Å². The SMILES string of the molecule is CN(Cc1ccccc1)C(=O)c1ccc(N2CCN(C=O)CC2)cn1. The maximum atomic E-state index is 12.5. The Hall–Kier alpha value is -2.89. The molecule has 0 unspecified atom stereocenters. The number of nitrogens with zero attached hydrogens (tertiary/aromatic N) is 4. The molecule has 25 heavy (non-hydrogen) atoms. The third-order valence-electron chi connectivity index (χ3n) is 4.40.